The van der Waals surface area contributed by atoms with Crippen molar-refractivity contribution in [2.24, 2.45) is 10.9 Å². The third-order valence-corrected chi connectivity index (χ3v) is 5.57. The number of amides is 1. The number of benzene rings is 1. The minimum Gasteiger partial charge on any atom is -0.493 e. The first-order valence-electron chi connectivity index (χ1n) is 8.63. The Labute approximate surface area is 158 Å². The second-order valence-electron chi connectivity index (χ2n) is 6.46. The van der Waals surface area contributed by atoms with Crippen molar-refractivity contribution in [1.82, 2.24) is 4.90 Å². The molecule has 1 amide bonds. The molecule has 1 aromatic carbocycles. The fraction of sp³-hybridized carbons (Fsp3) is 0.474. The van der Waals surface area contributed by atoms with Crippen molar-refractivity contribution in [3.63, 3.8) is 0 Å². The Morgan fingerprint density at radius 1 is 1.19 bits per heavy atom. The molecule has 7 heteroatoms. The van der Waals surface area contributed by atoms with Crippen LogP contribution < -0.4 is 14.2 Å². The molecule has 0 saturated carbocycles. The third-order valence-electron chi connectivity index (χ3n) is 4.52. The van der Waals surface area contributed by atoms with E-state index < -0.39 is 0 Å². The van der Waals surface area contributed by atoms with Crippen LogP contribution in [0.2, 0.25) is 0 Å². The van der Waals surface area contributed by atoms with Gasteiger partial charge in [0, 0.05) is 13.1 Å². The number of nitrogens with zero attached hydrogens (tertiary/aromatic N) is 2. The minimum atomic E-state index is -0.197. The number of aliphatic imine (C=N–C) groups is 1. The van der Waals surface area contributed by atoms with Crippen LogP contribution in [0.15, 0.2) is 22.0 Å². The number of carbonyl (C=O) groups is 1. The fourth-order valence-electron chi connectivity index (χ4n) is 3.23. The van der Waals surface area contributed by atoms with Gasteiger partial charge in [0.15, 0.2) is 16.7 Å². The van der Waals surface area contributed by atoms with Crippen molar-refractivity contribution in [2.75, 3.05) is 34.4 Å². The maximum absolute atomic E-state index is 12.4. The van der Waals surface area contributed by atoms with Crippen LogP contribution in [0.5, 0.6) is 17.2 Å². The summed E-state index contributed by atoms with van der Waals surface area (Å²) in [5, 5.41) is 0.806. The minimum absolute atomic E-state index is 0.197. The number of hydrogen-bond acceptors (Lipinski definition) is 6. The number of hydrogen-bond donors (Lipinski definition) is 0. The Bertz CT molecular complexity index is 735. The Kier molecular flexibility index (Phi) is 5.76. The fourth-order valence-corrected chi connectivity index (χ4v) is 4.18. The lowest BCUT2D eigenvalue weighted by atomic mass is 10.0. The molecular formula is C19H24N2O4S. The summed E-state index contributed by atoms with van der Waals surface area (Å²) >= 11 is 1.43. The molecule has 0 N–H and O–H groups in total. The first-order valence-corrected chi connectivity index (χ1v) is 9.45. The number of methoxy groups -OCH3 is 3. The van der Waals surface area contributed by atoms with Gasteiger partial charge in [-0.15, -0.1) is 0 Å². The summed E-state index contributed by atoms with van der Waals surface area (Å²) < 4.78 is 16.1. The summed E-state index contributed by atoms with van der Waals surface area (Å²) in [7, 11) is 4.71. The van der Waals surface area contributed by atoms with E-state index >= 15 is 0 Å². The first kappa shape index (κ1) is 18.6. The normalized spacial score (nSPS) is 21.8. The number of rotatable bonds is 4. The third kappa shape index (κ3) is 3.82. The molecule has 1 saturated heterocycles. The molecule has 1 aromatic rings. The molecule has 0 unspecified atom stereocenters. The lowest BCUT2D eigenvalue weighted by Crippen LogP contribution is -2.37. The van der Waals surface area contributed by atoms with Gasteiger partial charge >= 0.3 is 0 Å². The van der Waals surface area contributed by atoms with E-state index in [0.717, 1.165) is 30.2 Å². The van der Waals surface area contributed by atoms with Crippen molar-refractivity contribution in [3.05, 3.63) is 22.6 Å². The first-order chi connectivity index (χ1) is 12.5. The molecule has 0 aromatic heterocycles. The summed E-state index contributed by atoms with van der Waals surface area (Å²) in [6.45, 7) is 4.15. The Balaban J connectivity index is 1.84. The lowest BCUT2D eigenvalue weighted by Gasteiger charge is -2.31. The predicted octanol–water partition coefficient (Wildman–Crippen LogP) is 3.41. The number of amidine groups is 1. The Morgan fingerprint density at radius 3 is 2.46 bits per heavy atom. The molecular weight excluding hydrogens is 352 g/mol. The van der Waals surface area contributed by atoms with Gasteiger partial charge < -0.3 is 19.1 Å². The van der Waals surface area contributed by atoms with Gasteiger partial charge in [0.05, 0.1) is 26.2 Å². The highest BCUT2D eigenvalue weighted by atomic mass is 32.2. The van der Waals surface area contributed by atoms with Crippen molar-refractivity contribution < 1.29 is 19.0 Å². The molecule has 2 heterocycles. The maximum Gasteiger partial charge on any atom is 0.286 e. The van der Waals surface area contributed by atoms with Gasteiger partial charge in [0.2, 0.25) is 5.75 Å². The lowest BCUT2D eigenvalue weighted by molar-refractivity contribution is -0.113. The zero-order chi connectivity index (χ0) is 18.7. The number of likely N-dealkylation sites (tertiary alicyclic amines) is 1. The van der Waals surface area contributed by atoms with E-state index in [2.05, 4.69) is 16.8 Å². The Morgan fingerprint density at radius 2 is 1.88 bits per heavy atom. The van der Waals surface area contributed by atoms with E-state index in [9.17, 15) is 4.79 Å². The summed E-state index contributed by atoms with van der Waals surface area (Å²) in [5.74, 6) is 2.07. The number of ether oxygens (including phenoxy) is 3. The van der Waals surface area contributed by atoms with Crippen LogP contribution in [0.1, 0.15) is 25.3 Å². The SMILES string of the molecule is COc1cc(/C=C2\SC(N3CCC[C@H](C)C3)=NC2=O)cc(OC)c1OC. The van der Waals surface area contributed by atoms with Crippen LogP contribution in [-0.2, 0) is 4.79 Å². The average Bonchev–Trinajstić information content (AvgIpc) is 3.01. The topological polar surface area (TPSA) is 60.4 Å². The molecule has 3 rings (SSSR count). The largest absolute Gasteiger partial charge is 0.493 e. The molecule has 6 nitrogen and oxygen atoms in total. The molecule has 2 aliphatic heterocycles. The maximum atomic E-state index is 12.4. The zero-order valence-corrected chi connectivity index (χ0v) is 16.4. The van der Waals surface area contributed by atoms with Gasteiger partial charge in [-0.25, -0.2) is 0 Å². The molecule has 26 heavy (non-hydrogen) atoms. The molecule has 1 atom stereocenters. The summed E-state index contributed by atoms with van der Waals surface area (Å²) in [5.41, 5.74) is 0.804. The van der Waals surface area contributed by atoms with Gasteiger partial charge in [0.25, 0.3) is 5.91 Å². The van der Waals surface area contributed by atoms with Crippen LogP contribution in [-0.4, -0.2) is 50.4 Å². The number of carbonyl (C=O) groups excluding carboxylic acids is 1. The number of thioether (sulfide) groups is 1. The van der Waals surface area contributed by atoms with E-state index in [1.807, 2.05) is 18.2 Å². The van der Waals surface area contributed by atoms with Gasteiger partial charge in [-0.3, -0.25) is 4.79 Å². The Hall–Kier alpha value is -2.15. The highest BCUT2D eigenvalue weighted by Gasteiger charge is 2.28. The quantitative estimate of drug-likeness (QED) is 0.751. The van der Waals surface area contributed by atoms with Crippen LogP contribution in [0.3, 0.4) is 0 Å². The van der Waals surface area contributed by atoms with Gasteiger partial charge in [-0.2, -0.15) is 4.99 Å². The molecule has 0 aliphatic carbocycles. The van der Waals surface area contributed by atoms with Gasteiger partial charge in [-0.05, 0) is 54.3 Å². The standard InChI is InChI=1S/C19H24N2O4S/c1-12-6-5-7-21(11-12)19-20-18(22)16(26-19)10-13-8-14(23-2)17(25-4)15(9-13)24-3/h8-10,12H,5-7,11H2,1-4H3/b16-10-/t12-/m0/s1. The van der Waals surface area contributed by atoms with Crippen LogP contribution >= 0.6 is 11.8 Å². The van der Waals surface area contributed by atoms with Crippen molar-refractivity contribution in [2.45, 2.75) is 19.8 Å². The molecule has 1 fully saturated rings. The second-order valence-corrected chi connectivity index (χ2v) is 7.47. The van der Waals surface area contributed by atoms with E-state index in [-0.39, 0.29) is 5.91 Å². The average molecular weight is 376 g/mol. The van der Waals surface area contributed by atoms with E-state index in [4.69, 9.17) is 14.2 Å². The number of piperidine rings is 1. The molecule has 0 spiro atoms. The van der Waals surface area contributed by atoms with E-state index in [0.29, 0.717) is 28.1 Å². The van der Waals surface area contributed by atoms with Crippen molar-refractivity contribution >= 4 is 28.9 Å². The molecule has 140 valence electrons. The van der Waals surface area contributed by atoms with Crippen LogP contribution in [0.25, 0.3) is 6.08 Å². The van der Waals surface area contributed by atoms with Crippen LogP contribution in [0.4, 0.5) is 0 Å². The van der Waals surface area contributed by atoms with Crippen molar-refractivity contribution in [3.8, 4) is 17.2 Å². The van der Waals surface area contributed by atoms with E-state index in [1.54, 1.807) is 21.3 Å². The predicted molar refractivity (Wildman–Crippen MR) is 104 cm³/mol. The summed E-state index contributed by atoms with van der Waals surface area (Å²) in [6, 6.07) is 3.65. The highest BCUT2D eigenvalue weighted by molar-refractivity contribution is 8.18. The highest BCUT2D eigenvalue weighted by Crippen LogP contribution is 2.40. The molecule has 0 bridgehead atoms. The summed E-state index contributed by atoms with van der Waals surface area (Å²) in [6.07, 6.45) is 4.19. The van der Waals surface area contributed by atoms with Gasteiger partial charge in [-0.1, -0.05) is 6.92 Å². The molecule has 2 aliphatic rings. The second kappa shape index (κ2) is 8.03. The van der Waals surface area contributed by atoms with E-state index in [1.165, 1.54) is 18.2 Å². The smallest absolute Gasteiger partial charge is 0.286 e. The van der Waals surface area contributed by atoms with Crippen LogP contribution in [0, 0.1) is 5.92 Å². The summed E-state index contributed by atoms with van der Waals surface area (Å²) in [4.78, 5) is 19.4. The van der Waals surface area contributed by atoms with Crippen molar-refractivity contribution in [1.29, 1.82) is 0 Å². The molecule has 0 radical (unpaired) electrons. The van der Waals surface area contributed by atoms with Gasteiger partial charge in [0.1, 0.15) is 0 Å². The monoisotopic (exact) mass is 376 g/mol. The zero-order valence-electron chi connectivity index (χ0n) is 15.6.